The van der Waals surface area contributed by atoms with E-state index in [2.05, 4.69) is 24.1 Å². The van der Waals surface area contributed by atoms with Gasteiger partial charge in [0.05, 0.1) is 28.7 Å². The molecule has 8 nitrogen and oxygen atoms in total. The molecule has 5 rings (SSSR count). The molecular weight excluding hydrogens is 538 g/mol. The first-order valence-corrected chi connectivity index (χ1v) is 13.4. The number of nitrogens with zero attached hydrogens (tertiary/aromatic N) is 4. The van der Waals surface area contributed by atoms with Crippen LogP contribution >= 0.6 is 11.6 Å². The van der Waals surface area contributed by atoms with Crippen LogP contribution in [0.5, 0.6) is 5.75 Å². The van der Waals surface area contributed by atoms with Crippen LogP contribution in [-0.2, 0) is 13.0 Å². The van der Waals surface area contributed by atoms with Crippen molar-refractivity contribution in [2.75, 3.05) is 23.4 Å². The van der Waals surface area contributed by atoms with E-state index in [1.54, 1.807) is 23.0 Å². The second kappa shape index (κ2) is 11.4. The van der Waals surface area contributed by atoms with Crippen LogP contribution in [0.3, 0.4) is 0 Å². The lowest BCUT2D eigenvalue weighted by Gasteiger charge is -2.28. The number of aliphatic hydroxyl groups excluding tert-OH is 1. The van der Waals surface area contributed by atoms with Crippen molar-refractivity contribution in [2.24, 2.45) is 11.7 Å². The minimum Gasteiger partial charge on any atom is -0.491 e. The Morgan fingerprint density at radius 1 is 1.18 bits per heavy atom. The first kappa shape index (κ1) is 27.8. The van der Waals surface area contributed by atoms with Gasteiger partial charge in [-0.3, -0.25) is 5.73 Å². The predicted octanol–water partition coefficient (Wildman–Crippen LogP) is 5.42. The highest BCUT2D eigenvalue weighted by atomic mass is 35.5. The van der Waals surface area contributed by atoms with Crippen LogP contribution in [0.15, 0.2) is 48.7 Å². The molecule has 0 amide bonds. The molecule has 4 aromatic rings. The number of para-hydroxylation sites is 1. The highest BCUT2D eigenvalue weighted by Crippen LogP contribution is 2.40. The van der Waals surface area contributed by atoms with Gasteiger partial charge in [0.15, 0.2) is 6.35 Å². The number of anilines is 2. The molecule has 1 unspecified atom stereocenters. The number of aliphatic hydroxyl groups is 1. The maximum absolute atomic E-state index is 15.8. The van der Waals surface area contributed by atoms with Crippen molar-refractivity contribution in [2.45, 2.75) is 40.1 Å². The van der Waals surface area contributed by atoms with E-state index in [0.717, 1.165) is 29.0 Å². The van der Waals surface area contributed by atoms with Crippen molar-refractivity contribution < 1.29 is 18.6 Å². The summed E-state index contributed by atoms with van der Waals surface area (Å²) in [6.07, 6.45) is 0.654. The quantitative estimate of drug-likeness (QED) is 0.244. The minimum atomic E-state index is -1.55. The second-order valence-corrected chi connectivity index (χ2v) is 10.6. The summed E-state index contributed by atoms with van der Waals surface area (Å²) in [7, 11) is 0. The molecule has 2 aromatic carbocycles. The van der Waals surface area contributed by atoms with Crippen LogP contribution < -0.4 is 20.7 Å². The van der Waals surface area contributed by atoms with Crippen LogP contribution in [0.2, 0.25) is 5.02 Å². The number of nitrogens with two attached hydrogens (primary N) is 1. The average molecular weight is 569 g/mol. The number of hydrogen-bond donors (Lipinski definition) is 3. The van der Waals surface area contributed by atoms with Crippen LogP contribution in [0, 0.1) is 24.5 Å². The van der Waals surface area contributed by atoms with Gasteiger partial charge >= 0.3 is 0 Å². The number of aryl methyl sites for hydroxylation is 1. The van der Waals surface area contributed by atoms with Crippen molar-refractivity contribution in [1.82, 2.24) is 14.8 Å². The van der Waals surface area contributed by atoms with Gasteiger partial charge in [0.25, 0.3) is 0 Å². The molecule has 40 heavy (non-hydrogen) atoms. The largest absolute Gasteiger partial charge is 0.491 e. The summed E-state index contributed by atoms with van der Waals surface area (Å²) >= 11 is 6.46. The van der Waals surface area contributed by atoms with Gasteiger partial charge in [0.2, 0.25) is 0 Å². The molecular formula is C29H31ClF2N6O2. The SMILES string of the molecule is Cc1cccc(OCC(C)C)c1-n1nc2c(c1-c1cc(F)c(NC(N)O)cc1F)CN(c1ncccc1Cl)CC2. The average Bonchev–Trinajstić information content (AvgIpc) is 3.27. The summed E-state index contributed by atoms with van der Waals surface area (Å²) < 4.78 is 38.8. The fraction of sp³-hybridized carbons (Fsp3) is 0.310. The molecule has 0 fully saturated rings. The Kier molecular flexibility index (Phi) is 7.93. The van der Waals surface area contributed by atoms with E-state index in [4.69, 9.17) is 27.2 Å². The number of aromatic nitrogens is 3. The fourth-order valence-electron chi connectivity index (χ4n) is 4.88. The van der Waals surface area contributed by atoms with Gasteiger partial charge in [-0.1, -0.05) is 37.6 Å². The van der Waals surface area contributed by atoms with Gasteiger partial charge in [0, 0.05) is 42.9 Å². The maximum atomic E-state index is 15.8. The second-order valence-electron chi connectivity index (χ2n) is 10.2. The zero-order valence-electron chi connectivity index (χ0n) is 22.5. The van der Waals surface area contributed by atoms with Crippen molar-refractivity contribution in [1.29, 1.82) is 0 Å². The molecule has 210 valence electrons. The molecule has 3 heterocycles. The normalized spacial score (nSPS) is 13.9. The molecule has 0 saturated heterocycles. The Balaban J connectivity index is 1.72. The third-order valence-corrected chi connectivity index (χ3v) is 6.97. The number of pyridine rings is 1. The zero-order valence-corrected chi connectivity index (χ0v) is 23.2. The number of halogens is 3. The van der Waals surface area contributed by atoms with Crippen LogP contribution in [0.4, 0.5) is 20.3 Å². The molecule has 0 bridgehead atoms. The Labute approximate surface area is 236 Å². The van der Waals surface area contributed by atoms with Crippen LogP contribution in [-0.4, -0.2) is 39.4 Å². The number of benzene rings is 2. The van der Waals surface area contributed by atoms with Crippen LogP contribution in [0.25, 0.3) is 16.9 Å². The lowest BCUT2D eigenvalue weighted by Crippen LogP contribution is -2.31. The Hall–Kier alpha value is -3.73. The zero-order chi connectivity index (χ0) is 28.6. The molecule has 2 aromatic heterocycles. The first-order valence-electron chi connectivity index (χ1n) is 13.0. The van der Waals surface area contributed by atoms with E-state index in [9.17, 15) is 5.11 Å². The smallest absolute Gasteiger partial charge is 0.178 e. The maximum Gasteiger partial charge on any atom is 0.178 e. The van der Waals surface area contributed by atoms with E-state index in [-0.39, 0.29) is 17.2 Å². The molecule has 0 radical (unpaired) electrons. The van der Waals surface area contributed by atoms with E-state index in [0.29, 0.717) is 54.1 Å². The van der Waals surface area contributed by atoms with Gasteiger partial charge in [-0.05, 0) is 42.7 Å². The Morgan fingerprint density at radius 2 is 1.98 bits per heavy atom. The highest BCUT2D eigenvalue weighted by molar-refractivity contribution is 6.32. The Bertz CT molecular complexity index is 1540. The van der Waals surface area contributed by atoms with Gasteiger partial charge in [-0.15, -0.1) is 0 Å². The Morgan fingerprint density at radius 3 is 2.70 bits per heavy atom. The predicted molar refractivity (Wildman–Crippen MR) is 152 cm³/mol. The molecule has 1 aliphatic rings. The van der Waals surface area contributed by atoms with Gasteiger partial charge in [-0.2, -0.15) is 5.10 Å². The van der Waals surface area contributed by atoms with Gasteiger partial charge < -0.3 is 20.1 Å². The number of ether oxygens (including phenoxy) is 1. The highest BCUT2D eigenvalue weighted by Gasteiger charge is 2.31. The van der Waals surface area contributed by atoms with Crippen LogP contribution in [0.1, 0.15) is 30.7 Å². The van der Waals surface area contributed by atoms with Crippen molar-refractivity contribution >= 4 is 23.1 Å². The number of fused-ring (bicyclic) bond motifs is 1. The summed E-state index contributed by atoms with van der Waals surface area (Å²) in [6.45, 7) is 7.43. The third kappa shape index (κ3) is 5.47. The van der Waals surface area contributed by atoms with Crippen molar-refractivity contribution in [3.8, 4) is 22.7 Å². The summed E-state index contributed by atoms with van der Waals surface area (Å²) in [5.41, 5.74) is 8.48. The molecule has 1 atom stereocenters. The van der Waals surface area contributed by atoms with Crippen molar-refractivity contribution in [3.05, 3.63) is 82.1 Å². The summed E-state index contributed by atoms with van der Waals surface area (Å²) in [5, 5.41) is 17.2. The summed E-state index contributed by atoms with van der Waals surface area (Å²) in [5.74, 6) is -0.0122. The van der Waals surface area contributed by atoms with E-state index in [1.807, 2.05) is 30.0 Å². The van der Waals surface area contributed by atoms with E-state index < -0.39 is 18.0 Å². The number of hydrogen-bond acceptors (Lipinski definition) is 7. The number of rotatable bonds is 8. The number of nitrogens with one attached hydrogen (secondary N) is 1. The third-order valence-electron chi connectivity index (χ3n) is 6.67. The first-order chi connectivity index (χ1) is 19.1. The summed E-state index contributed by atoms with van der Waals surface area (Å²) in [6, 6.07) is 11.3. The lowest BCUT2D eigenvalue weighted by molar-refractivity contribution is 0.211. The molecule has 0 aliphatic carbocycles. The van der Waals surface area contributed by atoms with E-state index >= 15 is 8.78 Å². The lowest BCUT2D eigenvalue weighted by atomic mass is 9.99. The monoisotopic (exact) mass is 568 g/mol. The fourth-order valence-corrected chi connectivity index (χ4v) is 5.12. The molecule has 0 saturated carbocycles. The standard InChI is InChI=1S/C29H31ClF2N6O2/c1-16(2)15-40-25-8-4-6-17(3)26(25)38-27(18-12-22(32)24(13-21(18)31)35-29(33)39)19-14-37(11-9-23(19)36-38)28-20(30)7-5-10-34-28/h4-8,10,12-13,16,29,35,39H,9,11,14-15,33H2,1-3H3. The minimum absolute atomic E-state index is 0.00958. The van der Waals surface area contributed by atoms with Gasteiger partial charge in [-0.25, -0.2) is 18.4 Å². The summed E-state index contributed by atoms with van der Waals surface area (Å²) in [4.78, 5) is 6.45. The molecule has 4 N–H and O–H groups in total. The van der Waals surface area contributed by atoms with E-state index in [1.165, 1.54) is 0 Å². The topological polar surface area (TPSA) is 101 Å². The molecule has 1 aliphatic heterocycles. The molecule has 0 spiro atoms. The van der Waals surface area contributed by atoms with Gasteiger partial charge in [0.1, 0.15) is 28.9 Å². The van der Waals surface area contributed by atoms with Crippen molar-refractivity contribution in [3.63, 3.8) is 0 Å². The molecule has 11 heteroatoms.